The van der Waals surface area contributed by atoms with Gasteiger partial charge >= 0.3 is 0 Å². The summed E-state index contributed by atoms with van der Waals surface area (Å²) in [7, 11) is 0. The second-order valence-corrected chi connectivity index (χ2v) is 9.08. The number of aromatic nitrogens is 4. The fourth-order valence-electron chi connectivity index (χ4n) is 5.14. The Labute approximate surface area is 195 Å². The van der Waals surface area contributed by atoms with Crippen molar-refractivity contribution in [2.75, 3.05) is 26.2 Å². The molecule has 7 heteroatoms. The Balaban J connectivity index is 1.42. The van der Waals surface area contributed by atoms with Gasteiger partial charge in [0.05, 0.1) is 5.69 Å². The van der Waals surface area contributed by atoms with E-state index in [9.17, 15) is 4.79 Å². The molecule has 0 spiro atoms. The number of carbonyl (C=O) groups excluding carboxylic acids is 1. The summed E-state index contributed by atoms with van der Waals surface area (Å²) in [6.07, 6.45) is 10.5. The number of likely N-dealkylation sites (tertiary alicyclic amines) is 2. The third-order valence-electron chi connectivity index (χ3n) is 7.03. The molecule has 2 aliphatic rings. The van der Waals surface area contributed by atoms with Gasteiger partial charge in [-0.1, -0.05) is 30.7 Å². The van der Waals surface area contributed by atoms with Crippen LogP contribution in [0.4, 0.5) is 0 Å². The Morgan fingerprint density at radius 1 is 1.03 bits per heavy atom. The number of piperidine rings is 2. The maximum atomic E-state index is 13.6. The zero-order valence-corrected chi connectivity index (χ0v) is 19.4. The quantitative estimate of drug-likeness (QED) is 0.595. The van der Waals surface area contributed by atoms with E-state index in [-0.39, 0.29) is 5.91 Å². The number of carbonyl (C=O) groups is 1. The zero-order chi connectivity index (χ0) is 22.6. The van der Waals surface area contributed by atoms with E-state index in [1.807, 2.05) is 29.2 Å². The summed E-state index contributed by atoms with van der Waals surface area (Å²) >= 11 is 0. The molecular weight excluding hydrogens is 412 g/mol. The number of nitrogens with zero attached hydrogens (tertiary/aromatic N) is 6. The highest BCUT2D eigenvalue weighted by Gasteiger charge is 2.31. The molecular formula is C26H32N6O. The molecule has 0 atom stereocenters. The summed E-state index contributed by atoms with van der Waals surface area (Å²) in [6, 6.07) is 12.7. The first-order valence-corrected chi connectivity index (χ1v) is 12.2. The Hall–Kier alpha value is -3.06. The van der Waals surface area contributed by atoms with Gasteiger partial charge < -0.3 is 9.80 Å². The predicted molar refractivity (Wildman–Crippen MR) is 128 cm³/mol. The van der Waals surface area contributed by atoms with Crippen LogP contribution in [0.5, 0.6) is 0 Å². The standard InChI is InChI=1S/C26H32N6O/c1-2-20-8-6-10-23(18-20)32-25(21-9-7-13-27-19-21)24(28-29-32)26(33)31-16-11-22(12-17-31)30-14-4-3-5-15-30/h6-10,13,18-19,22H,2-5,11-12,14-17H2,1H3. The number of amides is 1. The van der Waals surface area contributed by atoms with Crippen LogP contribution in [0.25, 0.3) is 16.9 Å². The highest BCUT2D eigenvalue weighted by atomic mass is 16.2. The molecule has 5 rings (SSSR count). The molecule has 2 aliphatic heterocycles. The summed E-state index contributed by atoms with van der Waals surface area (Å²) in [5.41, 5.74) is 4.08. The SMILES string of the molecule is CCc1cccc(-n2nnc(C(=O)N3CCC(N4CCCCC4)CC3)c2-c2cccnc2)c1. The van der Waals surface area contributed by atoms with Crippen LogP contribution in [0, 0.1) is 0 Å². The second-order valence-electron chi connectivity index (χ2n) is 9.08. The molecule has 2 aromatic heterocycles. The number of pyridine rings is 1. The highest BCUT2D eigenvalue weighted by molar-refractivity contribution is 5.98. The Kier molecular flexibility index (Phi) is 6.48. The van der Waals surface area contributed by atoms with Crippen molar-refractivity contribution in [1.82, 2.24) is 29.8 Å². The summed E-state index contributed by atoms with van der Waals surface area (Å²) in [6.45, 7) is 6.07. The van der Waals surface area contributed by atoms with E-state index in [1.54, 1.807) is 17.1 Å². The van der Waals surface area contributed by atoms with Crippen molar-refractivity contribution in [3.05, 3.63) is 60.0 Å². The van der Waals surface area contributed by atoms with Crippen molar-refractivity contribution < 1.29 is 4.79 Å². The lowest BCUT2D eigenvalue weighted by molar-refractivity contribution is 0.0585. The number of hydrogen-bond donors (Lipinski definition) is 0. The van der Waals surface area contributed by atoms with Crippen LogP contribution in [0.3, 0.4) is 0 Å². The van der Waals surface area contributed by atoms with E-state index in [2.05, 4.69) is 39.3 Å². The summed E-state index contributed by atoms with van der Waals surface area (Å²) in [5, 5.41) is 8.82. The molecule has 0 radical (unpaired) electrons. The molecule has 33 heavy (non-hydrogen) atoms. The van der Waals surface area contributed by atoms with E-state index >= 15 is 0 Å². The van der Waals surface area contributed by atoms with Gasteiger partial charge in [0.2, 0.25) is 0 Å². The first-order valence-electron chi connectivity index (χ1n) is 12.2. The maximum absolute atomic E-state index is 13.6. The highest BCUT2D eigenvalue weighted by Crippen LogP contribution is 2.28. The molecule has 1 aromatic carbocycles. The lowest BCUT2D eigenvalue weighted by atomic mass is 9.99. The molecule has 1 amide bonds. The van der Waals surface area contributed by atoms with E-state index in [1.165, 1.54) is 37.9 Å². The van der Waals surface area contributed by atoms with Crippen LogP contribution in [-0.4, -0.2) is 67.9 Å². The van der Waals surface area contributed by atoms with Gasteiger partial charge in [-0.25, -0.2) is 4.68 Å². The van der Waals surface area contributed by atoms with Gasteiger partial charge in [-0.15, -0.1) is 5.10 Å². The minimum atomic E-state index is -0.0381. The predicted octanol–water partition coefficient (Wildman–Crippen LogP) is 3.98. The summed E-state index contributed by atoms with van der Waals surface area (Å²) in [5.74, 6) is -0.0381. The van der Waals surface area contributed by atoms with Crippen LogP contribution in [0.2, 0.25) is 0 Å². The Bertz CT molecular complexity index is 1080. The molecule has 0 saturated carbocycles. The van der Waals surface area contributed by atoms with Crippen molar-refractivity contribution in [3.8, 4) is 16.9 Å². The van der Waals surface area contributed by atoms with Crippen LogP contribution < -0.4 is 0 Å². The lowest BCUT2D eigenvalue weighted by Gasteiger charge is -2.40. The maximum Gasteiger partial charge on any atom is 0.276 e. The molecule has 4 heterocycles. The van der Waals surface area contributed by atoms with Crippen LogP contribution >= 0.6 is 0 Å². The molecule has 3 aromatic rings. The van der Waals surface area contributed by atoms with E-state index in [0.29, 0.717) is 17.4 Å². The number of hydrogen-bond acceptors (Lipinski definition) is 5. The van der Waals surface area contributed by atoms with Gasteiger partial charge in [0.1, 0.15) is 5.69 Å². The van der Waals surface area contributed by atoms with Gasteiger partial charge in [0.15, 0.2) is 5.69 Å². The summed E-state index contributed by atoms with van der Waals surface area (Å²) in [4.78, 5) is 22.5. The molecule has 0 N–H and O–H groups in total. The van der Waals surface area contributed by atoms with Crippen LogP contribution in [0.1, 0.15) is 55.1 Å². The monoisotopic (exact) mass is 444 g/mol. The first kappa shape index (κ1) is 21.8. The smallest absolute Gasteiger partial charge is 0.276 e. The molecule has 2 saturated heterocycles. The third kappa shape index (κ3) is 4.55. The largest absolute Gasteiger partial charge is 0.337 e. The molecule has 0 unspecified atom stereocenters. The lowest BCUT2D eigenvalue weighted by Crippen LogP contribution is -2.48. The molecule has 0 bridgehead atoms. The third-order valence-corrected chi connectivity index (χ3v) is 7.03. The van der Waals surface area contributed by atoms with Gasteiger partial charge in [-0.2, -0.15) is 0 Å². The van der Waals surface area contributed by atoms with Crippen molar-refractivity contribution in [2.24, 2.45) is 0 Å². The molecule has 0 aliphatic carbocycles. The Morgan fingerprint density at radius 2 is 1.85 bits per heavy atom. The van der Waals surface area contributed by atoms with E-state index < -0.39 is 0 Å². The van der Waals surface area contributed by atoms with Crippen LogP contribution in [0.15, 0.2) is 48.8 Å². The number of benzene rings is 1. The minimum Gasteiger partial charge on any atom is -0.337 e. The number of rotatable bonds is 5. The first-order chi connectivity index (χ1) is 16.2. The van der Waals surface area contributed by atoms with Gasteiger partial charge in [-0.3, -0.25) is 9.78 Å². The topological polar surface area (TPSA) is 67.2 Å². The minimum absolute atomic E-state index is 0.0381. The van der Waals surface area contributed by atoms with Crippen molar-refractivity contribution >= 4 is 5.91 Å². The molecule has 7 nitrogen and oxygen atoms in total. The zero-order valence-electron chi connectivity index (χ0n) is 19.4. The normalized spacial score (nSPS) is 17.9. The fraction of sp³-hybridized carbons (Fsp3) is 0.462. The summed E-state index contributed by atoms with van der Waals surface area (Å²) < 4.78 is 1.78. The van der Waals surface area contributed by atoms with Crippen molar-refractivity contribution in [2.45, 2.75) is 51.5 Å². The fourth-order valence-corrected chi connectivity index (χ4v) is 5.14. The van der Waals surface area contributed by atoms with Crippen LogP contribution in [-0.2, 0) is 6.42 Å². The van der Waals surface area contributed by atoms with Gasteiger partial charge in [-0.05, 0) is 75.0 Å². The number of aryl methyl sites for hydroxylation is 1. The average molecular weight is 445 g/mol. The van der Waals surface area contributed by atoms with Crippen molar-refractivity contribution in [1.29, 1.82) is 0 Å². The average Bonchev–Trinajstić information content (AvgIpc) is 3.35. The molecule has 2 fully saturated rings. The van der Waals surface area contributed by atoms with Crippen molar-refractivity contribution in [3.63, 3.8) is 0 Å². The second kappa shape index (κ2) is 9.83. The van der Waals surface area contributed by atoms with E-state index in [4.69, 9.17) is 0 Å². The molecule has 172 valence electrons. The Morgan fingerprint density at radius 3 is 2.58 bits per heavy atom. The van der Waals surface area contributed by atoms with E-state index in [0.717, 1.165) is 43.6 Å². The van der Waals surface area contributed by atoms with Gasteiger partial charge in [0, 0.05) is 37.1 Å². The van der Waals surface area contributed by atoms with Gasteiger partial charge in [0.25, 0.3) is 5.91 Å².